The Morgan fingerprint density at radius 2 is 1.89 bits per heavy atom. The largest absolute Gasteiger partial charge is 0.381 e. The quantitative estimate of drug-likeness (QED) is 0.630. The molecule has 19 heavy (non-hydrogen) atoms. The molecule has 1 fully saturated rings. The third-order valence-electron chi connectivity index (χ3n) is 3.91. The lowest BCUT2D eigenvalue weighted by molar-refractivity contribution is -0.122. The van der Waals surface area contributed by atoms with Gasteiger partial charge in [-0.1, -0.05) is 6.92 Å². The van der Waals surface area contributed by atoms with Crippen LogP contribution in [0.25, 0.3) is 0 Å². The number of amides is 1. The molecule has 0 aromatic heterocycles. The van der Waals surface area contributed by atoms with E-state index in [2.05, 4.69) is 12.2 Å². The number of ether oxygens (including phenoxy) is 1. The van der Waals surface area contributed by atoms with Crippen molar-refractivity contribution in [2.45, 2.75) is 51.9 Å². The zero-order chi connectivity index (χ0) is 13.9. The van der Waals surface area contributed by atoms with E-state index in [9.17, 15) is 4.79 Å². The Bertz CT molecular complexity index is 238. The Labute approximate surface area is 117 Å². The van der Waals surface area contributed by atoms with Crippen molar-refractivity contribution in [1.82, 2.24) is 5.32 Å². The van der Waals surface area contributed by atoms with E-state index in [1.165, 1.54) is 12.8 Å². The van der Waals surface area contributed by atoms with Crippen LogP contribution in [0.1, 0.15) is 51.9 Å². The van der Waals surface area contributed by atoms with Crippen LogP contribution >= 0.6 is 0 Å². The molecule has 0 aromatic carbocycles. The van der Waals surface area contributed by atoms with E-state index in [1.807, 2.05) is 0 Å². The maximum Gasteiger partial charge on any atom is 0.220 e. The fourth-order valence-corrected chi connectivity index (χ4v) is 2.65. The molecule has 1 aliphatic rings. The van der Waals surface area contributed by atoms with E-state index in [0.717, 1.165) is 52.0 Å². The molecule has 1 amide bonds. The Morgan fingerprint density at radius 3 is 2.53 bits per heavy atom. The topological polar surface area (TPSA) is 64.3 Å². The molecule has 1 saturated carbocycles. The third kappa shape index (κ3) is 7.53. The number of carbonyl (C=O) groups is 1. The van der Waals surface area contributed by atoms with Crippen LogP contribution in [0.5, 0.6) is 0 Å². The van der Waals surface area contributed by atoms with Gasteiger partial charge in [0, 0.05) is 26.2 Å². The van der Waals surface area contributed by atoms with Gasteiger partial charge in [0.1, 0.15) is 0 Å². The van der Waals surface area contributed by atoms with Gasteiger partial charge in [-0.2, -0.15) is 0 Å². The summed E-state index contributed by atoms with van der Waals surface area (Å²) in [5.41, 5.74) is 5.67. The normalized spacial score (nSPS) is 23.3. The van der Waals surface area contributed by atoms with Crippen LogP contribution in [-0.4, -0.2) is 32.2 Å². The fraction of sp³-hybridized carbons (Fsp3) is 0.933. The SMILES string of the molecule is CCCOCCCNC(=O)CC1CCC(CN)CC1. The van der Waals surface area contributed by atoms with Crippen molar-refractivity contribution >= 4 is 5.91 Å². The van der Waals surface area contributed by atoms with E-state index in [4.69, 9.17) is 10.5 Å². The standard InChI is InChI=1S/C15H30N2O2/c1-2-9-19-10-3-8-17-15(18)11-13-4-6-14(12-16)7-5-13/h13-14H,2-12,16H2,1H3,(H,17,18). The van der Waals surface area contributed by atoms with E-state index in [1.54, 1.807) is 0 Å². The molecule has 0 spiro atoms. The molecule has 0 heterocycles. The summed E-state index contributed by atoms with van der Waals surface area (Å²) in [6.07, 6.45) is 7.36. The highest BCUT2D eigenvalue weighted by molar-refractivity contribution is 5.76. The van der Waals surface area contributed by atoms with Crippen molar-refractivity contribution < 1.29 is 9.53 Å². The first-order valence-electron chi connectivity index (χ1n) is 7.80. The maximum absolute atomic E-state index is 11.8. The van der Waals surface area contributed by atoms with E-state index >= 15 is 0 Å². The first-order valence-corrected chi connectivity index (χ1v) is 7.80. The Hall–Kier alpha value is -0.610. The van der Waals surface area contributed by atoms with E-state index in [0.29, 0.717) is 18.3 Å². The summed E-state index contributed by atoms with van der Waals surface area (Å²) in [4.78, 5) is 11.8. The van der Waals surface area contributed by atoms with Gasteiger partial charge in [-0.05, 0) is 56.9 Å². The molecule has 4 nitrogen and oxygen atoms in total. The summed E-state index contributed by atoms with van der Waals surface area (Å²) < 4.78 is 5.38. The van der Waals surface area contributed by atoms with Gasteiger partial charge < -0.3 is 15.8 Å². The van der Waals surface area contributed by atoms with Crippen LogP contribution in [0.3, 0.4) is 0 Å². The summed E-state index contributed by atoms with van der Waals surface area (Å²) >= 11 is 0. The van der Waals surface area contributed by atoms with Gasteiger partial charge in [0.15, 0.2) is 0 Å². The number of hydrogen-bond acceptors (Lipinski definition) is 3. The molecule has 0 aromatic rings. The zero-order valence-corrected chi connectivity index (χ0v) is 12.3. The molecular formula is C15H30N2O2. The summed E-state index contributed by atoms with van der Waals surface area (Å²) in [5, 5.41) is 2.99. The van der Waals surface area contributed by atoms with Crippen molar-refractivity contribution in [2.24, 2.45) is 17.6 Å². The minimum Gasteiger partial charge on any atom is -0.381 e. The number of nitrogens with one attached hydrogen (secondary N) is 1. The highest BCUT2D eigenvalue weighted by Gasteiger charge is 2.21. The average Bonchev–Trinajstić information content (AvgIpc) is 2.43. The average molecular weight is 270 g/mol. The molecule has 112 valence electrons. The van der Waals surface area contributed by atoms with Gasteiger partial charge >= 0.3 is 0 Å². The lowest BCUT2D eigenvalue weighted by Gasteiger charge is -2.27. The zero-order valence-electron chi connectivity index (χ0n) is 12.3. The number of carbonyl (C=O) groups excluding carboxylic acids is 1. The molecular weight excluding hydrogens is 240 g/mol. The Kier molecular flexibility index (Phi) is 8.84. The van der Waals surface area contributed by atoms with E-state index < -0.39 is 0 Å². The second-order valence-electron chi connectivity index (χ2n) is 5.64. The first-order chi connectivity index (χ1) is 9.26. The predicted molar refractivity (Wildman–Crippen MR) is 77.9 cm³/mol. The smallest absolute Gasteiger partial charge is 0.220 e. The van der Waals surface area contributed by atoms with Gasteiger partial charge in [-0.25, -0.2) is 0 Å². The fourth-order valence-electron chi connectivity index (χ4n) is 2.65. The van der Waals surface area contributed by atoms with Gasteiger partial charge in [-0.15, -0.1) is 0 Å². The monoisotopic (exact) mass is 270 g/mol. The molecule has 1 rings (SSSR count). The summed E-state index contributed by atoms with van der Waals surface area (Å²) in [5.74, 6) is 1.46. The molecule has 0 bridgehead atoms. The van der Waals surface area contributed by atoms with Crippen LogP contribution in [0.4, 0.5) is 0 Å². The van der Waals surface area contributed by atoms with Crippen molar-refractivity contribution in [3.8, 4) is 0 Å². The molecule has 0 atom stereocenters. The number of rotatable bonds is 9. The van der Waals surface area contributed by atoms with Crippen LogP contribution in [0.2, 0.25) is 0 Å². The van der Waals surface area contributed by atoms with Crippen LogP contribution in [0, 0.1) is 11.8 Å². The predicted octanol–water partition coefficient (Wildman–Crippen LogP) is 2.07. The third-order valence-corrected chi connectivity index (χ3v) is 3.91. The molecule has 0 radical (unpaired) electrons. The van der Waals surface area contributed by atoms with Gasteiger partial charge in [0.2, 0.25) is 5.91 Å². The van der Waals surface area contributed by atoms with Crippen molar-refractivity contribution in [3.05, 3.63) is 0 Å². The molecule has 1 aliphatic carbocycles. The summed E-state index contributed by atoms with van der Waals surface area (Å²) in [6, 6.07) is 0. The lowest BCUT2D eigenvalue weighted by atomic mass is 9.80. The van der Waals surface area contributed by atoms with Crippen molar-refractivity contribution in [1.29, 1.82) is 0 Å². The second-order valence-corrected chi connectivity index (χ2v) is 5.64. The minimum absolute atomic E-state index is 0.201. The lowest BCUT2D eigenvalue weighted by Crippen LogP contribution is -2.29. The van der Waals surface area contributed by atoms with Crippen molar-refractivity contribution in [2.75, 3.05) is 26.3 Å². The Morgan fingerprint density at radius 1 is 1.21 bits per heavy atom. The minimum atomic E-state index is 0.201. The molecule has 4 heteroatoms. The van der Waals surface area contributed by atoms with Gasteiger partial charge in [0.25, 0.3) is 0 Å². The molecule has 0 aliphatic heterocycles. The van der Waals surface area contributed by atoms with Gasteiger partial charge in [0.05, 0.1) is 0 Å². The van der Waals surface area contributed by atoms with Crippen LogP contribution < -0.4 is 11.1 Å². The van der Waals surface area contributed by atoms with E-state index in [-0.39, 0.29) is 5.91 Å². The van der Waals surface area contributed by atoms with Crippen molar-refractivity contribution in [3.63, 3.8) is 0 Å². The first kappa shape index (κ1) is 16.4. The van der Waals surface area contributed by atoms with Gasteiger partial charge in [-0.3, -0.25) is 4.79 Å². The Balaban J connectivity index is 1.99. The second kappa shape index (κ2) is 10.2. The number of hydrogen-bond donors (Lipinski definition) is 2. The van der Waals surface area contributed by atoms with Crippen LogP contribution in [-0.2, 0) is 9.53 Å². The van der Waals surface area contributed by atoms with Crippen LogP contribution in [0.15, 0.2) is 0 Å². The molecule has 3 N–H and O–H groups in total. The summed E-state index contributed by atoms with van der Waals surface area (Å²) in [7, 11) is 0. The molecule has 0 unspecified atom stereocenters. The summed E-state index contributed by atoms with van der Waals surface area (Å²) in [6.45, 7) is 5.20. The molecule has 0 saturated heterocycles. The highest BCUT2D eigenvalue weighted by Crippen LogP contribution is 2.29. The maximum atomic E-state index is 11.8. The number of nitrogens with two attached hydrogens (primary N) is 1. The highest BCUT2D eigenvalue weighted by atomic mass is 16.5.